The first kappa shape index (κ1) is 13.8. The van der Waals surface area contributed by atoms with Crippen LogP contribution in [0.15, 0.2) is 18.3 Å². The fraction of sp³-hybridized carbons (Fsp3) is 0.667. The van der Waals surface area contributed by atoms with Crippen molar-refractivity contribution in [3.8, 4) is 0 Å². The number of piperidine rings is 1. The Morgan fingerprint density at radius 3 is 3.20 bits per heavy atom. The van der Waals surface area contributed by atoms with E-state index in [1.807, 2.05) is 12.1 Å². The van der Waals surface area contributed by atoms with Crippen molar-refractivity contribution in [1.29, 1.82) is 0 Å². The van der Waals surface area contributed by atoms with Gasteiger partial charge in [0.25, 0.3) is 0 Å². The molecule has 1 saturated heterocycles. The van der Waals surface area contributed by atoms with Crippen molar-refractivity contribution in [1.82, 2.24) is 9.88 Å². The summed E-state index contributed by atoms with van der Waals surface area (Å²) in [7, 11) is 0. The molecule has 110 valence electrons. The van der Waals surface area contributed by atoms with E-state index in [1.54, 1.807) is 6.20 Å². The minimum Gasteiger partial charge on any atom is -0.390 e. The van der Waals surface area contributed by atoms with Crippen LogP contribution in [0.2, 0.25) is 0 Å². The van der Waals surface area contributed by atoms with Crippen molar-refractivity contribution in [2.24, 2.45) is 11.8 Å². The fourth-order valence-electron chi connectivity index (χ4n) is 3.69. The Morgan fingerprint density at radius 1 is 1.45 bits per heavy atom. The van der Waals surface area contributed by atoms with Crippen LogP contribution >= 0.6 is 0 Å². The van der Waals surface area contributed by atoms with Crippen molar-refractivity contribution < 1.29 is 5.11 Å². The van der Waals surface area contributed by atoms with Gasteiger partial charge in [-0.15, -0.1) is 0 Å². The second-order valence-electron chi connectivity index (χ2n) is 6.23. The fourth-order valence-corrected chi connectivity index (χ4v) is 3.69. The van der Waals surface area contributed by atoms with E-state index >= 15 is 0 Å². The highest BCUT2D eigenvalue weighted by Gasteiger charge is 2.42. The largest absolute Gasteiger partial charge is 0.390 e. The van der Waals surface area contributed by atoms with Crippen LogP contribution in [-0.4, -0.2) is 33.7 Å². The summed E-state index contributed by atoms with van der Waals surface area (Å²) in [5, 5.41) is 10.7. The van der Waals surface area contributed by atoms with Crippen LogP contribution in [0.25, 0.3) is 0 Å². The van der Waals surface area contributed by atoms with E-state index in [1.165, 1.54) is 24.8 Å². The number of fused-ring (bicyclic) bond motifs is 1. The topological polar surface area (TPSA) is 74.4 Å². The highest BCUT2D eigenvalue weighted by molar-refractivity contribution is 5.35. The second-order valence-corrected chi connectivity index (χ2v) is 6.23. The van der Waals surface area contributed by atoms with Gasteiger partial charge in [-0.05, 0) is 37.0 Å². The molecule has 2 atom stereocenters. The van der Waals surface area contributed by atoms with Crippen LogP contribution < -0.4 is 11.3 Å². The maximum Gasteiger partial charge on any atom is 0.140 e. The number of nitrogens with zero attached hydrogens (tertiary/aromatic N) is 2. The van der Waals surface area contributed by atoms with E-state index in [9.17, 15) is 5.11 Å². The molecule has 0 amide bonds. The Kier molecular flexibility index (Phi) is 3.92. The number of hydrazine groups is 1. The summed E-state index contributed by atoms with van der Waals surface area (Å²) >= 11 is 0. The first-order valence-corrected chi connectivity index (χ1v) is 7.56. The van der Waals surface area contributed by atoms with Gasteiger partial charge >= 0.3 is 0 Å². The van der Waals surface area contributed by atoms with Crippen LogP contribution in [0.5, 0.6) is 0 Å². The summed E-state index contributed by atoms with van der Waals surface area (Å²) in [6, 6.07) is 4.02. The van der Waals surface area contributed by atoms with Gasteiger partial charge in [0, 0.05) is 31.7 Å². The molecule has 1 aromatic rings. The van der Waals surface area contributed by atoms with Crippen molar-refractivity contribution in [2.75, 3.05) is 18.5 Å². The molecule has 1 saturated carbocycles. The smallest absolute Gasteiger partial charge is 0.140 e. The van der Waals surface area contributed by atoms with Gasteiger partial charge in [-0.25, -0.2) is 10.8 Å². The second kappa shape index (κ2) is 5.68. The molecule has 0 bridgehead atoms. The van der Waals surface area contributed by atoms with E-state index in [4.69, 9.17) is 5.84 Å². The Bertz CT molecular complexity index is 467. The quantitative estimate of drug-likeness (QED) is 0.576. The lowest BCUT2D eigenvalue weighted by Gasteiger charge is -2.47. The first-order valence-electron chi connectivity index (χ1n) is 7.56. The summed E-state index contributed by atoms with van der Waals surface area (Å²) in [5.74, 6) is 6.54. The number of pyridine rings is 1. The number of aliphatic hydroxyl groups is 1. The van der Waals surface area contributed by atoms with Crippen LogP contribution in [-0.2, 0) is 6.54 Å². The van der Waals surface area contributed by atoms with Crippen LogP contribution in [0, 0.1) is 5.92 Å². The summed E-state index contributed by atoms with van der Waals surface area (Å²) in [6.45, 7) is 2.88. The predicted octanol–water partition coefficient (Wildman–Crippen LogP) is 1.49. The zero-order valence-electron chi connectivity index (χ0n) is 11.9. The SMILES string of the molecule is NNc1cc(CN2CCC3(O)CCCCC3C2)ccn1. The first-order chi connectivity index (χ1) is 9.69. The lowest BCUT2D eigenvalue weighted by molar-refractivity contribution is -0.0967. The molecule has 1 aromatic heterocycles. The number of rotatable bonds is 3. The molecule has 1 aliphatic heterocycles. The van der Waals surface area contributed by atoms with Gasteiger partial charge in [-0.3, -0.25) is 4.90 Å². The summed E-state index contributed by atoms with van der Waals surface area (Å²) in [4.78, 5) is 6.58. The number of nitrogens with one attached hydrogen (secondary N) is 1. The molecule has 20 heavy (non-hydrogen) atoms. The van der Waals surface area contributed by atoms with Gasteiger partial charge < -0.3 is 10.5 Å². The average Bonchev–Trinajstić information content (AvgIpc) is 2.48. The summed E-state index contributed by atoms with van der Waals surface area (Å²) < 4.78 is 0. The standard InChI is InChI=1S/C15H24N4O/c16-18-14-9-12(4-7-17-14)10-19-8-6-15(20)5-2-1-3-13(15)11-19/h4,7,9,13,20H,1-3,5-6,8,10-11,16H2,(H,17,18). The zero-order chi connectivity index (χ0) is 14.0. The molecule has 5 heteroatoms. The Labute approximate surface area is 120 Å². The van der Waals surface area contributed by atoms with E-state index in [2.05, 4.69) is 15.3 Å². The van der Waals surface area contributed by atoms with Crippen molar-refractivity contribution in [3.63, 3.8) is 0 Å². The predicted molar refractivity (Wildman–Crippen MR) is 78.8 cm³/mol. The number of anilines is 1. The van der Waals surface area contributed by atoms with Crippen LogP contribution in [0.1, 0.15) is 37.7 Å². The molecule has 2 heterocycles. The zero-order valence-corrected chi connectivity index (χ0v) is 11.9. The monoisotopic (exact) mass is 276 g/mol. The van der Waals surface area contributed by atoms with E-state index < -0.39 is 5.60 Å². The minimum atomic E-state index is -0.392. The molecule has 2 aliphatic rings. The number of hydrogen-bond donors (Lipinski definition) is 3. The van der Waals surface area contributed by atoms with E-state index in [-0.39, 0.29) is 0 Å². The molecule has 5 nitrogen and oxygen atoms in total. The number of hydrogen-bond acceptors (Lipinski definition) is 5. The van der Waals surface area contributed by atoms with Crippen molar-refractivity contribution in [2.45, 2.75) is 44.2 Å². The average molecular weight is 276 g/mol. The third kappa shape index (κ3) is 2.80. The van der Waals surface area contributed by atoms with Crippen LogP contribution in [0.4, 0.5) is 5.82 Å². The molecule has 1 aliphatic carbocycles. The number of aromatic nitrogens is 1. The normalized spacial score (nSPS) is 30.8. The third-order valence-electron chi connectivity index (χ3n) is 4.89. The van der Waals surface area contributed by atoms with Gasteiger partial charge in [0.05, 0.1) is 5.60 Å². The van der Waals surface area contributed by atoms with Gasteiger partial charge in [0.15, 0.2) is 0 Å². The summed E-state index contributed by atoms with van der Waals surface area (Å²) in [6.07, 6.45) is 7.29. The van der Waals surface area contributed by atoms with Crippen molar-refractivity contribution >= 4 is 5.82 Å². The summed E-state index contributed by atoms with van der Waals surface area (Å²) in [5.41, 5.74) is 3.41. The maximum atomic E-state index is 10.7. The molecule has 0 aromatic carbocycles. The molecular weight excluding hydrogens is 252 g/mol. The van der Waals surface area contributed by atoms with Crippen molar-refractivity contribution in [3.05, 3.63) is 23.9 Å². The molecule has 0 radical (unpaired) electrons. The molecular formula is C15H24N4O. The minimum absolute atomic E-state index is 0.392. The van der Waals surface area contributed by atoms with Gasteiger partial charge in [0.1, 0.15) is 5.82 Å². The number of nitrogens with two attached hydrogens (primary N) is 1. The lowest BCUT2D eigenvalue weighted by Crippen LogP contribution is -2.52. The van der Waals surface area contributed by atoms with E-state index in [0.717, 1.165) is 32.5 Å². The third-order valence-corrected chi connectivity index (χ3v) is 4.89. The molecule has 3 rings (SSSR count). The van der Waals surface area contributed by atoms with Gasteiger partial charge in [-0.2, -0.15) is 0 Å². The number of likely N-dealkylation sites (tertiary alicyclic amines) is 1. The molecule has 2 fully saturated rings. The molecule has 2 unspecified atom stereocenters. The highest BCUT2D eigenvalue weighted by Crippen LogP contribution is 2.40. The maximum absolute atomic E-state index is 10.7. The number of nitrogen functional groups attached to an aromatic ring is 1. The molecule has 0 spiro atoms. The lowest BCUT2D eigenvalue weighted by atomic mass is 9.71. The Morgan fingerprint density at radius 2 is 2.35 bits per heavy atom. The Balaban J connectivity index is 1.64. The van der Waals surface area contributed by atoms with Crippen LogP contribution in [0.3, 0.4) is 0 Å². The molecule has 4 N–H and O–H groups in total. The van der Waals surface area contributed by atoms with E-state index in [0.29, 0.717) is 11.7 Å². The van der Waals surface area contributed by atoms with Gasteiger partial charge in [0.2, 0.25) is 0 Å². The highest BCUT2D eigenvalue weighted by atomic mass is 16.3. The Hall–Kier alpha value is -1.17. The van der Waals surface area contributed by atoms with Gasteiger partial charge in [-0.1, -0.05) is 12.8 Å².